The molecule has 3 heterocycles. The van der Waals surface area contributed by atoms with Crippen LogP contribution >= 0.6 is 15.9 Å². The van der Waals surface area contributed by atoms with Crippen molar-refractivity contribution in [3.8, 4) is 11.3 Å². The van der Waals surface area contributed by atoms with Crippen molar-refractivity contribution in [1.82, 2.24) is 19.8 Å². The third-order valence-corrected chi connectivity index (χ3v) is 4.49. The van der Waals surface area contributed by atoms with Gasteiger partial charge in [-0.15, -0.1) is 0 Å². The van der Waals surface area contributed by atoms with Crippen molar-refractivity contribution in [3.63, 3.8) is 0 Å². The van der Waals surface area contributed by atoms with E-state index in [1.807, 2.05) is 0 Å². The van der Waals surface area contributed by atoms with Gasteiger partial charge in [0.15, 0.2) is 22.9 Å². The lowest BCUT2D eigenvalue weighted by molar-refractivity contribution is -0.142. The van der Waals surface area contributed by atoms with Crippen LogP contribution in [0.4, 0.5) is 19.0 Å². The topological polar surface area (TPSA) is 85.3 Å². The normalized spacial score (nSPS) is 11.8. The van der Waals surface area contributed by atoms with Crippen molar-refractivity contribution in [1.29, 1.82) is 0 Å². The average molecular weight is 466 g/mol. The molecule has 0 aliphatic heterocycles. The van der Waals surface area contributed by atoms with Gasteiger partial charge in [-0.05, 0) is 25.1 Å². The van der Waals surface area contributed by atoms with Gasteiger partial charge in [-0.3, -0.25) is 4.79 Å². The number of fused-ring (bicyclic) bond motifs is 1. The summed E-state index contributed by atoms with van der Waals surface area (Å²) in [6.45, 7) is 1.64. The Morgan fingerprint density at radius 2 is 1.90 bits per heavy atom. The van der Waals surface area contributed by atoms with Gasteiger partial charge in [-0.25, -0.2) is 9.50 Å². The molecular formula is C18H11BrF3N5O2. The molecule has 0 saturated heterocycles. The van der Waals surface area contributed by atoms with Crippen LogP contribution in [0.3, 0.4) is 0 Å². The molecule has 0 radical (unpaired) electrons. The first-order chi connectivity index (χ1) is 13.7. The highest BCUT2D eigenvalue weighted by Crippen LogP contribution is 2.32. The summed E-state index contributed by atoms with van der Waals surface area (Å²) in [5, 5.41) is 9.82. The SMILES string of the molecule is Cc1cc(NC(=O)c2cc3nc(-c4ccc(Br)cc4)cc(C(F)(F)F)n3n2)no1. The molecule has 4 aromatic rings. The minimum absolute atomic E-state index is 0.108. The van der Waals surface area contributed by atoms with E-state index in [4.69, 9.17) is 4.52 Å². The molecule has 0 saturated carbocycles. The quantitative estimate of drug-likeness (QED) is 0.472. The number of alkyl halides is 3. The Kier molecular flexibility index (Phi) is 4.61. The highest BCUT2D eigenvalue weighted by molar-refractivity contribution is 9.10. The predicted molar refractivity (Wildman–Crippen MR) is 100 cm³/mol. The molecule has 29 heavy (non-hydrogen) atoms. The fraction of sp³-hybridized carbons (Fsp3) is 0.111. The van der Waals surface area contributed by atoms with E-state index in [9.17, 15) is 18.0 Å². The maximum Gasteiger partial charge on any atom is 0.433 e. The van der Waals surface area contributed by atoms with Crippen LogP contribution < -0.4 is 5.32 Å². The zero-order valence-electron chi connectivity index (χ0n) is 14.7. The first-order valence-electron chi connectivity index (χ1n) is 8.19. The Bertz CT molecular complexity index is 1210. The smallest absolute Gasteiger partial charge is 0.360 e. The molecule has 0 spiro atoms. The van der Waals surface area contributed by atoms with Crippen LogP contribution in [0.25, 0.3) is 16.9 Å². The van der Waals surface area contributed by atoms with Crippen LogP contribution in [0.1, 0.15) is 21.9 Å². The lowest BCUT2D eigenvalue weighted by Crippen LogP contribution is -2.15. The highest BCUT2D eigenvalue weighted by atomic mass is 79.9. The van der Waals surface area contributed by atoms with Gasteiger partial charge in [0, 0.05) is 22.2 Å². The van der Waals surface area contributed by atoms with E-state index < -0.39 is 17.8 Å². The Balaban J connectivity index is 1.79. The summed E-state index contributed by atoms with van der Waals surface area (Å²) in [5.74, 6) is -0.137. The fourth-order valence-corrected chi connectivity index (χ4v) is 2.93. The van der Waals surface area contributed by atoms with Gasteiger partial charge >= 0.3 is 6.18 Å². The molecule has 0 fully saturated rings. The number of hydrogen-bond donors (Lipinski definition) is 1. The van der Waals surface area contributed by atoms with E-state index in [1.54, 1.807) is 31.2 Å². The second-order valence-electron chi connectivity index (χ2n) is 6.11. The summed E-state index contributed by atoms with van der Waals surface area (Å²) in [7, 11) is 0. The number of halogens is 4. The molecule has 148 valence electrons. The zero-order chi connectivity index (χ0) is 20.8. The van der Waals surface area contributed by atoms with Gasteiger partial charge < -0.3 is 9.84 Å². The standard InChI is InChI=1S/C18H11BrF3N5O2/c1-9-6-15(26-29-9)24-17(28)13-8-16-23-12(10-2-4-11(19)5-3-10)7-14(18(20,21)22)27(16)25-13/h2-8H,1H3,(H,24,26,28). The number of nitrogens with zero attached hydrogens (tertiary/aromatic N) is 4. The molecular weight excluding hydrogens is 455 g/mol. The Hall–Kier alpha value is -3.21. The number of aromatic nitrogens is 4. The predicted octanol–water partition coefficient (Wildman–Crippen LogP) is 4.73. The highest BCUT2D eigenvalue weighted by Gasteiger charge is 2.35. The van der Waals surface area contributed by atoms with Gasteiger partial charge in [0.25, 0.3) is 5.91 Å². The first kappa shape index (κ1) is 19.1. The Labute approximate surface area is 169 Å². The molecule has 4 rings (SSSR count). The van der Waals surface area contributed by atoms with Crippen molar-refractivity contribution in [2.75, 3.05) is 5.32 Å². The summed E-state index contributed by atoms with van der Waals surface area (Å²) in [4.78, 5) is 16.6. The molecule has 0 bridgehead atoms. The number of rotatable bonds is 3. The van der Waals surface area contributed by atoms with Gasteiger partial charge in [-0.2, -0.15) is 18.3 Å². The first-order valence-corrected chi connectivity index (χ1v) is 8.98. The second kappa shape index (κ2) is 6.99. The van der Waals surface area contributed by atoms with Crippen LogP contribution in [0, 0.1) is 6.92 Å². The van der Waals surface area contributed by atoms with E-state index in [1.165, 1.54) is 12.1 Å². The van der Waals surface area contributed by atoms with Gasteiger partial charge in [0.1, 0.15) is 5.76 Å². The van der Waals surface area contributed by atoms with Crippen molar-refractivity contribution in [3.05, 3.63) is 64.1 Å². The number of amides is 1. The van der Waals surface area contributed by atoms with Crippen molar-refractivity contribution in [2.45, 2.75) is 13.1 Å². The molecule has 0 atom stereocenters. The molecule has 1 amide bonds. The summed E-state index contributed by atoms with van der Waals surface area (Å²) in [5.41, 5.74) is -0.796. The van der Waals surface area contributed by atoms with Crippen LogP contribution in [0.2, 0.25) is 0 Å². The maximum absolute atomic E-state index is 13.6. The summed E-state index contributed by atoms with van der Waals surface area (Å²) in [6.07, 6.45) is -4.70. The molecule has 0 unspecified atom stereocenters. The van der Waals surface area contributed by atoms with Crippen molar-refractivity contribution >= 4 is 33.3 Å². The number of anilines is 1. The maximum atomic E-state index is 13.6. The Morgan fingerprint density at radius 3 is 2.52 bits per heavy atom. The van der Waals surface area contributed by atoms with Crippen LogP contribution in [-0.2, 0) is 6.18 Å². The molecule has 1 aromatic carbocycles. The van der Waals surface area contributed by atoms with Gasteiger partial charge in [0.05, 0.1) is 5.69 Å². The van der Waals surface area contributed by atoms with E-state index in [2.05, 4.69) is 36.5 Å². The third-order valence-electron chi connectivity index (χ3n) is 3.96. The number of nitrogens with one attached hydrogen (secondary N) is 1. The second-order valence-corrected chi connectivity index (χ2v) is 7.02. The molecule has 1 N–H and O–H groups in total. The summed E-state index contributed by atoms with van der Waals surface area (Å²) >= 11 is 3.28. The number of hydrogen-bond acceptors (Lipinski definition) is 5. The number of benzene rings is 1. The average Bonchev–Trinajstić information content (AvgIpc) is 3.26. The number of carbonyl (C=O) groups excluding carboxylic acids is 1. The molecule has 0 aliphatic carbocycles. The van der Waals surface area contributed by atoms with E-state index in [-0.39, 0.29) is 22.9 Å². The molecule has 11 heteroatoms. The van der Waals surface area contributed by atoms with Crippen molar-refractivity contribution < 1.29 is 22.5 Å². The van der Waals surface area contributed by atoms with Gasteiger partial charge in [-0.1, -0.05) is 33.2 Å². The van der Waals surface area contributed by atoms with Crippen LogP contribution in [-0.4, -0.2) is 25.7 Å². The minimum atomic E-state index is -4.70. The molecule has 3 aromatic heterocycles. The van der Waals surface area contributed by atoms with Crippen molar-refractivity contribution in [2.24, 2.45) is 0 Å². The fourth-order valence-electron chi connectivity index (χ4n) is 2.66. The zero-order valence-corrected chi connectivity index (χ0v) is 16.2. The summed E-state index contributed by atoms with van der Waals surface area (Å²) in [6, 6.07) is 10.2. The largest absolute Gasteiger partial charge is 0.433 e. The van der Waals surface area contributed by atoms with E-state index in [0.29, 0.717) is 15.8 Å². The number of carbonyl (C=O) groups is 1. The van der Waals surface area contributed by atoms with Crippen LogP contribution in [0.5, 0.6) is 0 Å². The lowest BCUT2D eigenvalue weighted by atomic mass is 10.1. The van der Waals surface area contributed by atoms with Gasteiger partial charge in [0.2, 0.25) is 0 Å². The van der Waals surface area contributed by atoms with Crippen LogP contribution in [0.15, 0.2) is 51.5 Å². The molecule has 7 nitrogen and oxygen atoms in total. The lowest BCUT2D eigenvalue weighted by Gasteiger charge is -2.11. The number of aryl methyl sites for hydroxylation is 1. The third kappa shape index (κ3) is 3.86. The summed E-state index contributed by atoms with van der Waals surface area (Å²) < 4.78 is 47.1. The monoisotopic (exact) mass is 465 g/mol. The van der Waals surface area contributed by atoms with E-state index >= 15 is 0 Å². The minimum Gasteiger partial charge on any atom is -0.360 e. The van der Waals surface area contributed by atoms with E-state index in [0.717, 1.165) is 10.5 Å². The Morgan fingerprint density at radius 1 is 1.17 bits per heavy atom. The molecule has 0 aliphatic rings.